The largest absolute Gasteiger partial charge is 0.379 e. The molecule has 1 aromatic carbocycles. The molecule has 1 aromatic heterocycles. The third-order valence-corrected chi connectivity index (χ3v) is 6.24. The van der Waals surface area contributed by atoms with Crippen LogP contribution < -0.4 is 10.9 Å². The number of rotatable bonds is 4. The van der Waals surface area contributed by atoms with Crippen LogP contribution >= 0.6 is 11.3 Å². The summed E-state index contributed by atoms with van der Waals surface area (Å²) in [6.07, 6.45) is 0.852. The first-order valence-corrected chi connectivity index (χ1v) is 9.61. The van der Waals surface area contributed by atoms with E-state index in [2.05, 4.69) is 10.9 Å². The van der Waals surface area contributed by atoms with Gasteiger partial charge in [-0.2, -0.15) is 0 Å². The number of hydrogen-bond acceptors (Lipinski definition) is 5. The molecule has 5 nitrogen and oxygen atoms in total. The van der Waals surface area contributed by atoms with E-state index in [9.17, 15) is 9.18 Å². The Labute approximate surface area is 156 Å². The Kier molecular flexibility index (Phi) is 5.04. The third-order valence-electron chi connectivity index (χ3n) is 5.20. The number of methoxy groups -OCH3 is 1. The monoisotopic (exact) mass is 375 g/mol. The maximum atomic E-state index is 14.2. The lowest BCUT2D eigenvalue weighted by atomic mass is 9.85. The van der Waals surface area contributed by atoms with Gasteiger partial charge in [0.2, 0.25) is 0 Å². The minimum Gasteiger partial charge on any atom is -0.379 e. The Balaban J connectivity index is 1.50. The van der Waals surface area contributed by atoms with Crippen LogP contribution in [0.1, 0.15) is 32.6 Å². The summed E-state index contributed by atoms with van der Waals surface area (Å²) in [4.78, 5) is 16.6. The van der Waals surface area contributed by atoms with Crippen molar-refractivity contribution in [3.05, 3.63) is 57.5 Å². The lowest BCUT2D eigenvalue weighted by Gasteiger charge is -2.36. The summed E-state index contributed by atoms with van der Waals surface area (Å²) in [7, 11) is 1.65. The standard InChI is InChI=1S/C19H22FN3O2S/c1-25-11-12-6-7-17(26-12)19(24)23-9-8-16-14(10-23)18(22-21-16)13-4-2-3-5-15(13)20/h2-7,14,16,18,21-22H,8-11H2,1H3. The molecule has 3 heterocycles. The number of benzene rings is 1. The van der Waals surface area contributed by atoms with Gasteiger partial charge in [0.15, 0.2) is 0 Å². The highest BCUT2D eigenvalue weighted by Crippen LogP contribution is 2.35. The normalized spacial score (nSPS) is 25.3. The lowest BCUT2D eigenvalue weighted by Crippen LogP contribution is -2.47. The zero-order valence-corrected chi connectivity index (χ0v) is 15.4. The minimum absolute atomic E-state index is 0.0509. The molecule has 0 saturated carbocycles. The van der Waals surface area contributed by atoms with Gasteiger partial charge in [-0.25, -0.2) is 9.82 Å². The second-order valence-corrected chi connectivity index (χ2v) is 7.97. The van der Waals surface area contributed by atoms with Gasteiger partial charge in [-0.1, -0.05) is 18.2 Å². The van der Waals surface area contributed by atoms with Crippen LogP contribution in [0.3, 0.4) is 0 Å². The van der Waals surface area contributed by atoms with Crippen molar-refractivity contribution in [3.8, 4) is 0 Å². The number of thiophene rings is 1. The quantitative estimate of drug-likeness (QED) is 0.863. The molecule has 7 heteroatoms. The van der Waals surface area contributed by atoms with Crippen molar-refractivity contribution in [1.29, 1.82) is 0 Å². The fourth-order valence-corrected chi connectivity index (χ4v) is 4.84. The molecule has 3 atom stereocenters. The average molecular weight is 375 g/mol. The van der Waals surface area contributed by atoms with Gasteiger partial charge in [-0.15, -0.1) is 11.3 Å². The van der Waals surface area contributed by atoms with E-state index in [0.29, 0.717) is 25.3 Å². The van der Waals surface area contributed by atoms with Gasteiger partial charge in [0.25, 0.3) is 5.91 Å². The number of hydrogen-bond donors (Lipinski definition) is 2. The van der Waals surface area contributed by atoms with Crippen molar-refractivity contribution in [2.75, 3.05) is 20.2 Å². The summed E-state index contributed by atoms with van der Waals surface area (Å²) in [5.74, 6) is -0.0173. The van der Waals surface area contributed by atoms with Crippen LogP contribution in [-0.4, -0.2) is 37.0 Å². The van der Waals surface area contributed by atoms with Crippen LogP contribution in [0.15, 0.2) is 36.4 Å². The molecule has 2 saturated heterocycles. The fourth-order valence-electron chi connectivity index (χ4n) is 3.89. The molecule has 2 N–H and O–H groups in total. The third kappa shape index (κ3) is 3.27. The molecule has 0 aliphatic carbocycles. The lowest BCUT2D eigenvalue weighted by molar-refractivity contribution is 0.0657. The van der Waals surface area contributed by atoms with E-state index in [1.165, 1.54) is 17.4 Å². The molecule has 138 valence electrons. The van der Waals surface area contributed by atoms with Crippen molar-refractivity contribution in [3.63, 3.8) is 0 Å². The zero-order valence-electron chi connectivity index (χ0n) is 14.6. The van der Waals surface area contributed by atoms with Crippen LogP contribution in [0.2, 0.25) is 0 Å². The molecular weight excluding hydrogens is 353 g/mol. The second-order valence-electron chi connectivity index (χ2n) is 6.80. The first-order valence-electron chi connectivity index (χ1n) is 8.80. The number of hydrazine groups is 1. The number of amides is 1. The highest BCUT2D eigenvalue weighted by atomic mass is 32.1. The molecule has 0 spiro atoms. The molecule has 1 amide bonds. The van der Waals surface area contributed by atoms with Gasteiger partial charge in [0.1, 0.15) is 5.82 Å². The van der Waals surface area contributed by atoms with E-state index in [0.717, 1.165) is 16.2 Å². The number of carbonyl (C=O) groups excluding carboxylic acids is 1. The summed E-state index contributed by atoms with van der Waals surface area (Å²) < 4.78 is 19.4. The number of carbonyl (C=O) groups is 1. The van der Waals surface area contributed by atoms with Crippen LogP contribution in [0.25, 0.3) is 0 Å². The van der Waals surface area contributed by atoms with Crippen molar-refractivity contribution in [1.82, 2.24) is 15.8 Å². The Hall–Kier alpha value is -1.80. The Morgan fingerprint density at radius 2 is 2.15 bits per heavy atom. The van der Waals surface area contributed by atoms with Crippen molar-refractivity contribution >= 4 is 17.2 Å². The van der Waals surface area contributed by atoms with Gasteiger partial charge in [-0.3, -0.25) is 10.2 Å². The zero-order chi connectivity index (χ0) is 18.1. The van der Waals surface area contributed by atoms with E-state index in [4.69, 9.17) is 4.74 Å². The molecule has 26 heavy (non-hydrogen) atoms. The summed E-state index contributed by atoms with van der Waals surface area (Å²) in [5, 5.41) is 0. The topological polar surface area (TPSA) is 53.6 Å². The van der Waals surface area contributed by atoms with Crippen LogP contribution in [0.5, 0.6) is 0 Å². The molecule has 2 aliphatic heterocycles. The van der Waals surface area contributed by atoms with Gasteiger partial charge in [0, 0.05) is 42.6 Å². The van der Waals surface area contributed by atoms with Crippen LogP contribution in [0.4, 0.5) is 4.39 Å². The SMILES string of the molecule is COCc1ccc(C(=O)N2CCC3NNC(c4ccccc4F)C3C2)s1. The van der Waals surface area contributed by atoms with Crippen molar-refractivity contribution < 1.29 is 13.9 Å². The minimum atomic E-state index is -0.210. The number of likely N-dealkylation sites (tertiary alicyclic amines) is 1. The average Bonchev–Trinajstić information content (AvgIpc) is 3.28. The maximum absolute atomic E-state index is 14.2. The van der Waals surface area contributed by atoms with Crippen molar-refractivity contribution in [2.45, 2.75) is 25.1 Å². The van der Waals surface area contributed by atoms with Gasteiger partial charge in [-0.05, 0) is 24.6 Å². The molecule has 2 fully saturated rings. The van der Waals surface area contributed by atoms with Crippen LogP contribution in [-0.2, 0) is 11.3 Å². The highest BCUT2D eigenvalue weighted by molar-refractivity contribution is 7.14. The molecule has 4 rings (SSSR count). The Bertz CT molecular complexity index is 797. The number of fused-ring (bicyclic) bond motifs is 1. The molecule has 0 radical (unpaired) electrons. The van der Waals surface area contributed by atoms with Crippen LogP contribution in [0, 0.1) is 11.7 Å². The van der Waals surface area contributed by atoms with Crippen molar-refractivity contribution in [2.24, 2.45) is 5.92 Å². The predicted molar refractivity (Wildman–Crippen MR) is 98.2 cm³/mol. The Morgan fingerprint density at radius 1 is 1.31 bits per heavy atom. The summed E-state index contributed by atoms with van der Waals surface area (Å²) in [5.41, 5.74) is 7.17. The summed E-state index contributed by atoms with van der Waals surface area (Å²) in [6.45, 7) is 1.84. The molecule has 3 unspecified atom stereocenters. The summed E-state index contributed by atoms with van der Waals surface area (Å²) >= 11 is 1.48. The fraction of sp³-hybridized carbons (Fsp3) is 0.421. The smallest absolute Gasteiger partial charge is 0.263 e. The first kappa shape index (κ1) is 17.6. The van der Waals surface area contributed by atoms with Gasteiger partial charge < -0.3 is 9.64 Å². The predicted octanol–water partition coefficient (Wildman–Crippen LogP) is 2.71. The molecule has 0 bridgehead atoms. The van der Waals surface area contributed by atoms with E-state index in [1.807, 2.05) is 29.2 Å². The molecular formula is C19H22FN3O2S. The highest BCUT2D eigenvalue weighted by Gasteiger charge is 2.42. The van der Waals surface area contributed by atoms with E-state index in [1.54, 1.807) is 13.2 Å². The summed E-state index contributed by atoms with van der Waals surface area (Å²) in [6, 6.07) is 10.8. The number of ether oxygens (including phenoxy) is 1. The molecule has 2 aliphatic rings. The number of nitrogens with one attached hydrogen (secondary N) is 2. The Morgan fingerprint density at radius 3 is 2.96 bits per heavy atom. The number of nitrogens with zero attached hydrogens (tertiary/aromatic N) is 1. The van der Waals surface area contributed by atoms with E-state index in [-0.39, 0.29) is 29.7 Å². The van der Waals surface area contributed by atoms with Gasteiger partial charge >= 0.3 is 0 Å². The maximum Gasteiger partial charge on any atom is 0.263 e. The number of halogens is 1. The number of piperidine rings is 1. The van der Waals surface area contributed by atoms with E-state index < -0.39 is 0 Å². The first-order chi connectivity index (χ1) is 12.7. The molecule has 2 aromatic rings. The second kappa shape index (κ2) is 7.44. The van der Waals surface area contributed by atoms with E-state index >= 15 is 0 Å². The van der Waals surface area contributed by atoms with Gasteiger partial charge in [0.05, 0.1) is 17.5 Å².